The van der Waals surface area contributed by atoms with Crippen molar-refractivity contribution in [2.24, 2.45) is 58.3 Å². The second-order valence-electron chi connectivity index (χ2n) is 27.6. The molecule has 0 spiro atoms. The van der Waals surface area contributed by atoms with Gasteiger partial charge in [-0.3, -0.25) is 33.6 Å². The van der Waals surface area contributed by atoms with Crippen molar-refractivity contribution in [1.82, 2.24) is 0 Å². The van der Waals surface area contributed by atoms with E-state index in [4.69, 9.17) is 43.7 Å². The number of hydrogen-bond acceptors (Lipinski definition) is 27. The van der Waals surface area contributed by atoms with Crippen LogP contribution in [0.4, 0.5) is 11.4 Å². The molecular formula is C76H96N4O25. The summed E-state index contributed by atoms with van der Waals surface area (Å²) >= 11 is 0. The molecule has 570 valence electrons. The Morgan fingerprint density at radius 2 is 0.867 bits per heavy atom. The number of Topliss-reactive ketones (excluding diaryl/α,β-unsaturated/α-hetero) is 2. The van der Waals surface area contributed by atoms with Gasteiger partial charge in [0.05, 0.1) is 99.8 Å². The Balaban J connectivity index is 0.000000293. The van der Waals surface area contributed by atoms with Crippen molar-refractivity contribution in [2.75, 3.05) is 24.9 Å². The predicted octanol–water partition coefficient (Wildman–Crippen LogP) is 8.61. The fourth-order valence-corrected chi connectivity index (χ4v) is 13.8. The van der Waals surface area contributed by atoms with E-state index in [1.165, 1.54) is 106 Å². The summed E-state index contributed by atoms with van der Waals surface area (Å²) in [5.74, 6) is -12.4. The largest absolute Gasteiger partial charge is 0.507 e. The average Bonchev–Trinajstić information content (AvgIpc) is 1.63. The highest BCUT2D eigenvalue weighted by atomic mass is 16.7. The number of nitrogens with two attached hydrogens (primary N) is 1. The molecule has 4 aromatic carbocycles. The quantitative estimate of drug-likeness (QED) is 0.0163. The van der Waals surface area contributed by atoms with Crippen molar-refractivity contribution in [1.29, 1.82) is 0 Å². The summed E-state index contributed by atoms with van der Waals surface area (Å²) in [5, 5.41) is 121. The summed E-state index contributed by atoms with van der Waals surface area (Å²) in [6.45, 7) is 24.5. The number of fused-ring (bicyclic) bond motifs is 28. The van der Waals surface area contributed by atoms with Crippen molar-refractivity contribution in [3.63, 3.8) is 0 Å². The zero-order valence-corrected chi connectivity index (χ0v) is 61.8. The number of amides is 2. The molecule has 0 aromatic heterocycles. The van der Waals surface area contributed by atoms with Gasteiger partial charge >= 0.3 is 23.5 Å². The number of esters is 2. The van der Waals surface area contributed by atoms with Gasteiger partial charge in [-0.25, -0.2) is 0 Å². The number of hydrazone groups is 1. The summed E-state index contributed by atoms with van der Waals surface area (Å²) in [6.07, 6.45) is 7.77. The first-order valence-electron chi connectivity index (χ1n) is 34.0. The van der Waals surface area contributed by atoms with E-state index in [0.717, 1.165) is 12.5 Å². The van der Waals surface area contributed by atoms with Crippen molar-refractivity contribution in [3.05, 3.63) is 106 Å². The number of rotatable bonds is 6. The van der Waals surface area contributed by atoms with Gasteiger partial charge in [0, 0.05) is 122 Å². The average molecular weight is 1470 g/mol. The van der Waals surface area contributed by atoms with Gasteiger partial charge in [-0.15, -0.1) is 0 Å². The van der Waals surface area contributed by atoms with E-state index >= 15 is 0 Å². The number of carbonyl (C=O) groups excluding carboxylic acids is 7. The van der Waals surface area contributed by atoms with E-state index in [2.05, 4.69) is 15.7 Å². The number of anilines is 2. The number of aromatic hydroxyl groups is 6. The SMILES string of the molecule is CO[C@H]1/C=C/O[C@@]2(C)Oc3c(C)c(O)c4c(O)c(c(/C=N/N)c(O)c4c3C2=O)NC(=O)/C(C)=C\C=C\[C@H](C)[C@H](O)[C@@H](C)[C@@H](O)[C@@H](C)[C@H](OC(C)=O)[C@@H]1C.CO[C@H]1/C=C/O[C@@]2(C)Oc3c(C)c(O)c4c(O)c(c(C=O)c(O)c4c3C2=O)NC(=O)/C(C)=C\C=C\[C@H](C)[C@H](O)[C@@H](C)[C@@H](O)[C@@H](C)[C@H](OC(C)=O)[C@@H]1C. The molecule has 6 aliphatic rings. The molecule has 10 rings (SSSR count). The van der Waals surface area contributed by atoms with Crippen LogP contribution in [0.2, 0.25) is 0 Å². The molecule has 0 saturated carbocycles. The topological polar surface area (TPSA) is 458 Å². The Morgan fingerprint density at radius 3 is 1.20 bits per heavy atom. The second-order valence-corrected chi connectivity index (χ2v) is 27.6. The molecule has 0 unspecified atom stereocenters. The number of phenols is 6. The monoisotopic (exact) mass is 1460 g/mol. The van der Waals surface area contributed by atoms with Crippen LogP contribution >= 0.6 is 0 Å². The van der Waals surface area contributed by atoms with Crippen LogP contribution in [0.15, 0.2) is 77.4 Å². The maximum absolute atomic E-state index is 14.1. The molecule has 105 heavy (non-hydrogen) atoms. The van der Waals surface area contributed by atoms with E-state index in [-0.39, 0.29) is 73.2 Å². The van der Waals surface area contributed by atoms with E-state index in [1.807, 2.05) is 0 Å². The molecule has 2 amide bonds. The Labute approximate surface area is 606 Å². The molecular weight excluding hydrogens is 1370 g/mol. The molecule has 0 fully saturated rings. The predicted molar refractivity (Wildman–Crippen MR) is 385 cm³/mol. The van der Waals surface area contributed by atoms with Gasteiger partial charge in [-0.05, 0) is 39.8 Å². The number of methoxy groups -OCH3 is 2. The zero-order chi connectivity index (χ0) is 78.7. The third-order valence-electron chi connectivity index (χ3n) is 20.4. The Bertz CT molecular complexity index is 4310. The number of benzene rings is 4. The van der Waals surface area contributed by atoms with Gasteiger partial charge in [0.15, 0.2) is 17.8 Å². The number of aliphatic hydroxyl groups excluding tert-OH is 4. The first-order valence-corrected chi connectivity index (χ1v) is 34.0. The van der Waals surface area contributed by atoms with Gasteiger partial charge in [-0.2, -0.15) is 5.10 Å². The number of nitrogens with one attached hydrogen (secondary N) is 2. The smallest absolute Gasteiger partial charge is 0.312 e. The molecule has 10 bridgehead atoms. The highest BCUT2D eigenvalue weighted by Crippen LogP contribution is 2.57. The third-order valence-corrected chi connectivity index (χ3v) is 20.4. The van der Waals surface area contributed by atoms with Gasteiger partial charge in [0.25, 0.3) is 23.4 Å². The number of hydrogen-bond donors (Lipinski definition) is 13. The molecule has 14 N–H and O–H groups in total. The maximum atomic E-state index is 14.1. The lowest BCUT2D eigenvalue weighted by atomic mass is 9.78. The van der Waals surface area contributed by atoms with Crippen LogP contribution in [0.1, 0.15) is 145 Å². The van der Waals surface area contributed by atoms with E-state index in [0.29, 0.717) is 0 Å². The summed E-state index contributed by atoms with van der Waals surface area (Å²) in [6, 6.07) is 0. The van der Waals surface area contributed by atoms with Crippen LogP contribution in [0.3, 0.4) is 0 Å². The van der Waals surface area contributed by atoms with Crippen LogP contribution in [0.25, 0.3) is 21.5 Å². The minimum atomic E-state index is -2.08. The lowest BCUT2D eigenvalue weighted by molar-refractivity contribution is -0.161. The first kappa shape index (κ1) is 82.2. The third kappa shape index (κ3) is 16.0. The molecule has 6 heterocycles. The van der Waals surface area contributed by atoms with Crippen LogP contribution in [0, 0.1) is 61.2 Å². The van der Waals surface area contributed by atoms with Gasteiger partial charge in [0.2, 0.25) is 0 Å². The van der Waals surface area contributed by atoms with E-state index in [9.17, 15) is 84.6 Å². The molecule has 0 radical (unpaired) electrons. The van der Waals surface area contributed by atoms with Crippen molar-refractivity contribution in [2.45, 2.75) is 171 Å². The first-order chi connectivity index (χ1) is 49.1. The number of carbonyl (C=O) groups is 7. The molecule has 18 atom stereocenters. The molecule has 6 aliphatic heterocycles. The lowest BCUT2D eigenvalue weighted by Gasteiger charge is -2.38. The normalized spacial score (nSPS) is 32.2. The highest BCUT2D eigenvalue weighted by molar-refractivity contribution is 6.25. The number of ketones is 2. The van der Waals surface area contributed by atoms with Crippen LogP contribution in [-0.2, 0) is 47.6 Å². The molecule has 4 aromatic rings. The Morgan fingerprint density at radius 1 is 0.514 bits per heavy atom. The fraction of sp³-hybridized carbons (Fsp3) is 0.474. The molecule has 0 saturated heterocycles. The highest BCUT2D eigenvalue weighted by Gasteiger charge is 2.52. The van der Waals surface area contributed by atoms with Crippen LogP contribution in [-0.4, -0.2) is 174 Å². The van der Waals surface area contributed by atoms with Crippen LogP contribution < -0.4 is 25.9 Å². The van der Waals surface area contributed by atoms with Crippen molar-refractivity contribution >= 4 is 80.7 Å². The number of allylic oxidation sites excluding steroid dienone is 4. The molecule has 0 aliphatic carbocycles. The zero-order valence-electron chi connectivity index (χ0n) is 61.8. The van der Waals surface area contributed by atoms with E-state index in [1.54, 1.807) is 73.6 Å². The van der Waals surface area contributed by atoms with Crippen molar-refractivity contribution in [3.8, 4) is 46.0 Å². The summed E-state index contributed by atoms with van der Waals surface area (Å²) in [4.78, 5) is 91.6. The number of ether oxygens (including phenoxy) is 8. The minimum Gasteiger partial charge on any atom is -0.507 e. The van der Waals surface area contributed by atoms with Gasteiger partial charge < -0.3 is 105 Å². The van der Waals surface area contributed by atoms with Crippen LogP contribution in [0.5, 0.6) is 46.0 Å². The van der Waals surface area contributed by atoms with Gasteiger partial charge in [0.1, 0.15) is 46.7 Å². The fourth-order valence-electron chi connectivity index (χ4n) is 13.8. The Kier molecular flexibility index (Phi) is 25.8. The maximum Gasteiger partial charge on any atom is 0.312 e. The van der Waals surface area contributed by atoms with Crippen molar-refractivity contribution < 1.29 is 123 Å². The molecule has 29 heteroatoms. The Hall–Kier alpha value is -10.0. The summed E-state index contributed by atoms with van der Waals surface area (Å²) < 4.78 is 46.4. The lowest BCUT2D eigenvalue weighted by Crippen LogP contribution is -2.46. The number of nitrogens with zero attached hydrogens (tertiary/aromatic N) is 1. The number of aliphatic hydroxyl groups is 4. The standard InChI is InChI=1S/C38H49N3O12.C38H47NO13/c1-16-11-10-12-17(2)37(49)41-28-23(15-40-39)32(46)25-26(33(28)47)31(45)21(6)35-27(25)36(48)38(8,53-35)51-14-13-24(50-9)18(3)34(52-22(7)42)20(5)30(44)19(4)29(16)43;1-16-11-10-12-17(2)37(48)39-28-23(15-40)32(45)25-26(33(28)46)31(44)21(6)35-27(25)36(47)38(8,52-35)50-14-13-24(49-9)18(3)34(51-22(7)41)20(5)30(43)19(4)29(16)42/h10-16,18-20,24,29-30,34,43-47H,39H2,1-9H3,(H,41,49);10-16,18-20,24,29-30,34,42-46H,1-9H3,(H,39,48)/b11-10+,14-13+,17-12-,40-15+;11-10+,14-13+,17-12-/t2*16-,18+,19+,20+,24-,29-,30+,34+,38-/m00/s1. The van der Waals surface area contributed by atoms with Gasteiger partial charge in [-0.1, -0.05) is 91.8 Å². The number of phenolic OH excluding ortho intramolecular Hbond substituents is 6. The minimum absolute atomic E-state index is 0.00425. The van der Waals surface area contributed by atoms with E-state index < -0.39 is 200 Å². The summed E-state index contributed by atoms with van der Waals surface area (Å²) in [7, 11) is 2.83. The summed E-state index contributed by atoms with van der Waals surface area (Å²) in [5.41, 5.74) is -1.95. The molecule has 29 nitrogen and oxygen atoms in total. The second kappa shape index (κ2) is 33.0. The number of aldehydes is 1.